The molecule has 0 aromatic heterocycles. The second-order valence-electron chi connectivity index (χ2n) is 8.42. The summed E-state index contributed by atoms with van der Waals surface area (Å²) in [6.07, 6.45) is 0.517. The molecule has 1 fully saturated rings. The molecule has 0 spiro atoms. The fraction of sp³-hybridized carbons (Fsp3) is 0.391. The van der Waals surface area contributed by atoms with Crippen molar-refractivity contribution in [2.45, 2.75) is 44.6 Å². The molecule has 2 amide bonds. The van der Waals surface area contributed by atoms with Crippen LogP contribution < -0.4 is 15.4 Å². The van der Waals surface area contributed by atoms with Gasteiger partial charge < -0.3 is 15.4 Å². The zero-order valence-electron chi connectivity index (χ0n) is 18.3. The Morgan fingerprint density at radius 2 is 2.00 bits per heavy atom. The number of benzene rings is 2. The number of carbonyl (C=O) groups excluding carboxylic acids is 2. The first kappa shape index (κ1) is 22.3. The highest BCUT2D eigenvalue weighted by atomic mass is 32.2. The normalized spacial score (nSPS) is 21.3. The standard InChI is InChI=1S/C23H27N3O5S/c1-14-6-4-8-18(10-14)24-23(28)17-7-5-9-26(13-17)32(29,30)21-12-20-19(11-15(21)2)25-22(27)16(3)31-20/h4,6,8,10-12,16-17H,5,7,9,13H2,1-3H3,(H,24,28)(H,25,27)/t16-,17+/m1/s1. The Labute approximate surface area is 188 Å². The van der Waals surface area contributed by atoms with Crippen LogP contribution in [0, 0.1) is 19.8 Å². The third-order valence-electron chi connectivity index (χ3n) is 5.87. The van der Waals surface area contributed by atoms with Crippen LogP contribution in [0.3, 0.4) is 0 Å². The van der Waals surface area contributed by atoms with Gasteiger partial charge in [0.15, 0.2) is 6.10 Å². The quantitative estimate of drug-likeness (QED) is 0.734. The zero-order valence-corrected chi connectivity index (χ0v) is 19.2. The van der Waals surface area contributed by atoms with Crippen LogP contribution in [0.4, 0.5) is 11.4 Å². The van der Waals surface area contributed by atoms with Crippen molar-refractivity contribution in [2.24, 2.45) is 5.92 Å². The van der Waals surface area contributed by atoms with Crippen LogP contribution in [0.25, 0.3) is 0 Å². The first-order valence-electron chi connectivity index (χ1n) is 10.6. The number of fused-ring (bicyclic) bond motifs is 1. The maximum Gasteiger partial charge on any atom is 0.265 e. The zero-order chi connectivity index (χ0) is 23.0. The summed E-state index contributed by atoms with van der Waals surface area (Å²) in [6, 6.07) is 10.6. The van der Waals surface area contributed by atoms with Gasteiger partial charge in [-0.25, -0.2) is 8.42 Å². The van der Waals surface area contributed by atoms with Crippen molar-refractivity contribution in [3.63, 3.8) is 0 Å². The van der Waals surface area contributed by atoms with Gasteiger partial charge in [0, 0.05) is 24.8 Å². The van der Waals surface area contributed by atoms with E-state index in [-0.39, 0.29) is 23.3 Å². The van der Waals surface area contributed by atoms with Crippen LogP contribution in [0.15, 0.2) is 41.3 Å². The lowest BCUT2D eigenvalue weighted by Gasteiger charge is -2.32. The molecule has 0 bridgehead atoms. The lowest BCUT2D eigenvalue weighted by molar-refractivity contribution is -0.123. The third-order valence-corrected chi connectivity index (χ3v) is 7.87. The summed E-state index contributed by atoms with van der Waals surface area (Å²) < 4.78 is 33.9. The van der Waals surface area contributed by atoms with Crippen LogP contribution >= 0.6 is 0 Å². The minimum absolute atomic E-state index is 0.116. The highest BCUT2D eigenvalue weighted by molar-refractivity contribution is 7.89. The predicted molar refractivity (Wildman–Crippen MR) is 121 cm³/mol. The number of hydrogen-bond donors (Lipinski definition) is 2. The summed E-state index contributed by atoms with van der Waals surface area (Å²) >= 11 is 0. The Balaban J connectivity index is 1.54. The molecular weight excluding hydrogens is 430 g/mol. The second kappa shape index (κ2) is 8.55. The topological polar surface area (TPSA) is 105 Å². The van der Waals surface area contributed by atoms with Crippen LogP contribution in [0.5, 0.6) is 5.75 Å². The molecule has 2 aliphatic rings. The van der Waals surface area contributed by atoms with E-state index in [1.165, 1.54) is 10.4 Å². The summed E-state index contributed by atoms with van der Waals surface area (Å²) in [5, 5.41) is 5.64. The Morgan fingerprint density at radius 3 is 2.75 bits per heavy atom. The van der Waals surface area contributed by atoms with Gasteiger partial charge in [-0.05, 0) is 62.9 Å². The molecular formula is C23H27N3O5S. The molecule has 2 atom stereocenters. The van der Waals surface area contributed by atoms with Gasteiger partial charge in [-0.1, -0.05) is 12.1 Å². The van der Waals surface area contributed by atoms with E-state index in [4.69, 9.17) is 4.74 Å². The molecule has 2 aromatic carbocycles. The average molecular weight is 458 g/mol. The fourth-order valence-corrected chi connectivity index (χ4v) is 5.85. The molecule has 32 heavy (non-hydrogen) atoms. The summed E-state index contributed by atoms with van der Waals surface area (Å²) in [6.45, 7) is 5.70. The van der Waals surface area contributed by atoms with E-state index < -0.39 is 22.0 Å². The smallest absolute Gasteiger partial charge is 0.265 e. The molecule has 0 radical (unpaired) electrons. The maximum atomic E-state index is 13.5. The number of nitrogens with zero attached hydrogens (tertiary/aromatic N) is 1. The molecule has 170 valence electrons. The van der Waals surface area contributed by atoms with Crippen LogP contribution in [-0.2, 0) is 19.6 Å². The number of anilines is 2. The largest absolute Gasteiger partial charge is 0.479 e. The lowest BCUT2D eigenvalue weighted by atomic mass is 9.98. The number of carbonyl (C=O) groups is 2. The SMILES string of the molecule is Cc1cccc(NC(=O)[C@H]2CCCN(S(=O)(=O)c3cc4c(cc3C)NC(=O)[C@@H](C)O4)C2)c1. The number of piperidine rings is 1. The Bertz CT molecular complexity index is 1180. The predicted octanol–water partition coefficient (Wildman–Crippen LogP) is 3.06. The molecule has 2 heterocycles. The van der Waals surface area contributed by atoms with E-state index >= 15 is 0 Å². The van der Waals surface area contributed by atoms with Gasteiger partial charge in [-0.15, -0.1) is 0 Å². The van der Waals surface area contributed by atoms with Gasteiger partial charge in [0.05, 0.1) is 16.5 Å². The molecule has 1 saturated heterocycles. The van der Waals surface area contributed by atoms with E-state index in [1.54, 1.807) is 19.9 Å². The summed E-state index contributed by atoms with van der Waals surface area (Å²) in [5.74, 6) is -0.567. The molecule has 4 rings (SSSR count). The van der Waals surface area contributed by atoms with E-state index in [1.807, 2.05) is 31.2 Å². The highest BCUT2D eigenvalue weighted by Gasteiger charge is 2.35. The molecule has 0 saturated carbocycles. The van der Waals surface area contributed by atoms with Crippen molar-refractivity contribution in [1.29, 1.82) is 0 Å². The molecule has 8 nitrogen and oxygen atoms in total. The monoisotopic (exact) mass is 457 g/mol. The van der Waals surface area contributed by atoms with Crippen molar-refractivity contribution >= 4 is 33.2 Å². The molecule has 0 unspecified atom stereocenters. The average Bonchev–Trinajstić information content (AvgIpc) is 2.74. The molecule has 2 aromatic rings. The van der Waals surface area contributed by atoms with Crippen molar-refractivity contribution in [3.05, 3.63) is 47.5 Å². The Hall–Kier alpha value is -2.91. The van der Waals surface area contributed by atoms with Crippen LogP contribution in [-0.4, -0.2) is 43.7 Å². The lowest BCUT2D eigenvalue weighted by Crippen LogP contribution is -2.44. The molecule has 2 N–H and O–H groups in total. The summed E-state index contributed by atoms with van der Waals surface area (Å²) in [4.78, 5) is 24.8. The number of ether oxygens (including phenoxy) is 1. The molecule has 0 aliphatic carbocycles. The maximum absolute atomic E-state index is 13.5. The highest BCUT2D eigenvalue weighted by Crippen LogP contribution is 2.36. The molecule has 9 heteroatoms. The van der Waals surface area contributed by atoms with Crippen molar-refractivity contribution in [2.75, 3.05) is 23.7 Å². The van der Waals surface area contributed by atoms with Crippen molar-refractivity contribution in [3.8, 4) is 5.75 Å². The van der Waals surface area contributed by atoms with Crippen molar-refractivity contribution < 1.29 is 22.7 Å². The molecule has 2 aliphatic heterocycles. The minimum Gasteiger partial charge on any atom is -0.479 e. The van der Waals surface area contributed by atoms with Gasteiger partial charge in [0.1, 0.15) is 5.75 Å². The van der Waals surface area contributed by atoms with Gasteiger partial charge in [-0.2, -0.15) is 4.31 Å². The van der Waals surface area contributed by atoms with Crippen molar-refractivity contribution in [1.82, 2.24) is 4.31 Å². The van der Waals surface area contributed by atoms with E-state index in [0.29, 0.717) is 42.1 Å². The minimum atomic E-state index is -3.84. The van der Waals surface area contributed by atoms with E-state index in [9.17, 15) is 18.0 Å². The van der Waals surface area contributed by atoms with Crippen LogP contribution in [0.2, 0.25) is 0 Å². The number of nitrogens with one attached hydrogen (secondary N) is 2. The van der Waals surface area contributed by atoms with E-state index in [0.717, 1.165) is 5.56 Å². The van der Waals surface area contributed by atoms with Gasteiger partial charge in [-0.3, -0.25) is 9.59 Å². The third kappa shape index (κ3) is 4.35. The number of sulfonamides is 1. The number of aryl methyl sites for hydroxylation is 2. The van der Waals surface area contributed by atoms with Gasteiger partial charge in [0.2, 0.25) is 15.9 Å². The van der Waals surface area contributed by atoms with Gasteiger partial charge >= 0.3 is 0 Å². The summed E-state index contributed by atoms with van der Waals surface area (Å²) in [7, 11) is -3.84. The summed E-state index contributed by atoms with van der Waals surface area (Å²) in [5.41, 5.74) is 2.70. The number of rotatable bonds is 4. The van der Waals surface area contributed by atoms with E-state index in [2.05, 4.69) is 10.6 Å². The second-order valence-corrected chi connectivity index (χ2v) is 10.3. The van der Waals surface area contributed by atoms with Gasteiger partial charge in [0.25, 0.3) is 5.91 Å². The fourth-order valence-electron chi connectivity index (χ4n) is 4.10. The van der Waals surface area contributed by atoms with Crippen LogP contribution in [0.1, 0.15) is 30.9 Å². The number of amides is 2. The number of hydrogen-bond acceptors (Lipinski definition) is 5. The Kier molecular flexibility index (Phi) is 5.96. The Morgan fingerprint density at radius 1 is 1.22 bits per heavy atom. The first-order valence-corrected chi connectivity index (χ1v) is 12.1. The first-order chi connectivity index (χ1) is 15.1.